The third kappa shape index (κ3) is 5.08. The zero-order chi connectivity index (χ0) is 14.4. The number of halogens is 1. The molecule has 0 aliphatic heterocycles. The molecule has 114 valence electrons. The molecule has 1 heterocycles. The maximum Gasteiger partial charge on any atom is 0.194 e. The third-order valence-electron chi connectivity index (χ3n) is 3.24. The molecule has 2 rings (SSSR count). The van der Waals surface area contributed by atoms with Crippen molar-refractivity contribution < 1.29 is 4.42 Å². The van der Waals surface area contributed by atoms with Crippen LogP contribution in [0.15, 0.2) is 52.1 Å². The molecule has 0 fully saturated rings. The molecule has 1 N–H and O–H groups in total. The smallest absolute Gasteiger partial charge is 0.194 e. The van der Waals surface area contributed by atoms with Crippen molar-refractivity contribution in [1.29, 1.82) is 0 Å². The van der Waals surface area contributed by atoms with E-state index in [2.05, 4.69) is 46.4 Å². The number of guanidine groups is 1. The molecule has 2 aromatic rings. The fraction of sp³-hybridized carbons (Fsp3) is 0.312. The molecule has 0 bridgehead atoms. The zero-order valence-electron chi connectivity index (χ0n) is 12.7. The van der Waals surface area contributed by atoms with Crippen molar-refractivity contribution in [3.63, 3.8) is 0 Å². The summed E-state index contributed by atoms with van der Waals surface area (Å²) in [6.45, 7) is 3.59. The summed E-state index contributed by atoms with van der Waals surface area (Å²) in [6, 6.07) is 12.2. The van der Waals surface area contributed by atoms with E-state index in [0.717, 1.165) is 18.3 Å². The predicted molar refractivity (Wildman–Crippen MR) is 97.0 cm³/mol. The van der Waals surface area contributed by atoms with Crippen molar-refractivity contribution in [2.75, 3.05) is 14.1 Å². The van der Waals surface area contributed by atoms with Crippen molar-refractivity contribution in [3.8, 4) is 0 Å². The second-order valence-corrected chi connectivity index (χ2v) is 4.76. The van der Waals surface area contributed by atoms with Gasteiger partial charge in [-0.15, -0.1) is 24.0 Å². The molecule has 0 radical (unpaired) electrons. The number of nitrogens with one attached hydrogen (secondary N) is 1. The molecule has 0 amide bonds. The Morgan fingerprint density at radius 1 is 1.24 bits per heavy atom. The molecular weight excluding hydrogens is 377 g/mol. The second-order valence-electron chi connectivity index (χ2n) is 4.76. The third-order valence-corrected chi connectivity index (χ3v) is 3.24. The molecule has 1 aromatic carbocycles. The lowest BCUT2D eigenvalue weighted by Crippen LogP contribution is -2.38. The Kier molecular flexibility index (Phi) is 7.28. The number of nitrogens with zero attached hydrogens (tertiary/aromatic N) is 2. The Bertz CT molecular complexity index is 567. The van der Waals surface area contributed by atoms with Crippen LogP contribution in [0.25, 0.3) is 0 Å². The maximum atomic E-state index is 5.31. The minimum absolute atomic E-state index is 0. The maximum absolute atomic E-state index is 5.31. The Balaban J connectivity index is 0.00000220. The van der Waals surface area contributed by atoms with Crippen LogP contribution in [0.5, 0.6) is 0 Å². The summed E-state index contributed by atoms with van der Waals surface area (Å²) < 4.78 is 5.31. The van der Waals surface area contributed by atoms with Gasteiger partial charge in [-0.3, -0.25) is 4.99 Å². The van der Waals surface area contributed by atoms with E-state index in [1.807, 2.05) is 19.2 Å². The Morgan fingerprint density at radius 3 is 2.62 bits per heavy atom. The summed E-state index contributed by atoms with van der Waals surface area (Å²) in [7, 11) is 3.82. The topological polar surface area (TPSA) is 40.8 Å². The van der Waals surface area contributed by atoms with E-state index >= 15 is 0 Å². The minimum Gasteiger partial charge on any atom is -0.467 e. The molecular formula is C16H22IN3O. The number of rotatable bonds is 4. The van der Waals surface area contributed by atoms with Crippen LogP contribution >= 0.6 is 24.0 Å². The highest BCUT2D eigenvalue weighted by atomic mass is 127. The van der Waals surface area contributed by atoms with Gasteiger partial charge in [0.25, 0.3) is 0 Å². The molecule has 0 aliphatic carbocycles. The van der Waals surface area contributed by atoms with E-state index in [0.29, 0.717) is 6.54 Å². The van der Waals surface area contributed by atoms with Gasteiger partial charge in [0, 0.05) is 20.6 Å². The first-order chi connectivity index (χ1) is 9.70. The summed E-state index contributed by atoms with van der Waals surface area (Å²) in [5.41, 5.74) is 2.59. The van der Waals surface area contributed by atoms with Gasteiger partial charge in [0.1, 0.15) is 5.76 Å². The average molecular weight is 399 g/mol. The van der Waals surface area contributed by atoms with Crippen LogP contribution in [-0.4, -0.2) is 25.0 Å². The van der Waals surface area contributed by atoms with Crippen LogP contribution in [0, 0.1) is 6.92 Å². The molecule has 4 nitrogen and oxygen atoms in total. The van der Waals surface area contributed by atoms with Gasteiger partial charge in [-0.1, -0.05) is 24.3 Å². The van der Waals surface area contributed by atoms with Gasteiger partial charge >= 0.3 is 0 Å². The molecule has 21 heavy (non-hydrogen) atoms. The van der Waals surface area contributed by atoms with Crippen LogP contribution in [0.2, 0.25) is 0 Å². The van der Waals surface area contributed by atoms with Gasteiger partial charge in [-0.2, -0.15) is 0 Å². The summed E-state index contributed by atoms with van der Waals surface area (Å²) >= 11 is 0. The van der Waals surface area contributed by atoms with E-state index < -0.39 is 0 Å². The lowest BCUT2D eigenvalue weighted by Gasteiger charge is -2.22. The Labute approximate surface area is 143 Å². The van der Waals surface area contributed by atoms with E-state index in [1.54, 1.807) is 13.3 Å². The standard InChI is InChI=1S/C16H21N3O.HI/c1-13-7-4-5-8-14(13)12-19(3)16(17-2)18-11-15-9-6-10-20-15;/h4-10H,11-12H2,1-3H3,(H,17,18);1H. The highest BCUT2D eigenvalue weighted by molar-refractivity contribution is 14.0. The molecule has 0 unspecified atom stereocenters. The normalized spacial score (nSPS) is 10.9. The monoisotopic (exact) mass is 399 g/mol. The first-order valence-electron chi connectivity index (χ1n) is 6.69. The van der Waals surface area contributed by atoms with Crippen molar-refractivity contribution in [2.45, 2.75) is 20.0 Å². The van der Waals surface area contributed by atoms with Gasteiger partial charge in [-0.05, 0) is 30.2 Å². The van der Waals surface area contributed by atoms with Gasteiger partial charge in [-0.25, -0.2) is 0 Å². The highest BCUT2D eigenvalue weighted by Gasteiger charge is 2.08. The van der Waals surface area contributed by atoms with Crippen molar-refractivity contribution >= 4 is 29.9 Å². The SMILES string of the molecule is CN=C(NCc1ccco1)N(C)Cc1ccccc1C.I. The number of hydrogen-bond acceptors (Lipinski definition) is 2. The average Bonchev–Trinajstić information content (AvgIpc) is 2.95. The number of benzene rings is 1. The van der Waals surface area contributed by atoms with E-state index in [9.17, 15) is 0 Å². The Morgan fingerprint density at radius 2 is 2.00 bits per heavy atom. The lowest BCUT2D eigenvalue weighted by molar-refractivity contribution is 0.458. The van der Waals surface area contributed by atoms with Crippen LogP contribution in [-0.2, 0) is 13.1 Å². The first-order valence-corrected chi connectivity index (χ1v) is 6.69. The van der Waals surface area contributed by atoms with Crippen LogP contribution < -0.4 is 5.32 Å². The number of furan rings is 1. The molecule has 0 atom stereocenters. The lowest BCUT2D eigenvalue weighted by atomic mass is 10.1. The Hall–Kier alpha value is -1.50. The predicted octanol–water partition coefficient (Wildman–Crippen LogP) is 3.41. The van der Waals surface area contributed by atoms with E-state index in [1.165, 1.54) is 11.1 Å². The summed E-state index contributed by atoms with van der Waals surface area (Å²) in [4.78, 5) is 6.41. The van der Waals surface area contributed by atoms with Gasteiger partial charge in [0.15, 0.2) is 5.96 Å². The van der Waals surface area contributed by atoms with Crippen molar-refractivity contribution in [3.05, 3.63) is 59.5 Å². The largest absolute Gasteiger partial charge is 0.467 e. The molecule has 1 aromatic heterocycles. The summed E-state index contributed by atoms with van der Waals surface area (Å²) in [6.07, 6.45) is 1.68. The minimum atomic E-state index is 0. The number of aliphatic imine (C=N–C) groups is 1. The number of aryl methyl sites for hydroxylation is 1. The van der Waals surface area contributed by atoms with E-state index in [4.69, 9.17) is 4.42 Å². The highest BCUT2D eigenvalue weighted by Crippen LogP contribution is 2.09. The number of hydrogen-bond donors (Lipinski definition) is 1. The fourth-order valence-corrected chi connectivity index (χ4v) is 2.08. The van der Waals surface area contributed by atoms with Crippen LogP contribution in [0.3, 0.4) is 0 Å². The first kappa shape index (κ1) is 17.6. The van der Waals surface area contributed by atoms with Gasteiger partial charge in [0.2, 0.25) is 0 Å². The summed E-state index contributed by atoms with van der Waals surface area (Å²) in [5, 5.41) is 3.29. The van der Waals surface area contributed by atoms with Crippen LogP contribution in [0.1, 0.15) is 16.9 Å². The molecule has 0 saturated heterocycles. The molecule has 0 saturated carbocycles. The van der Waals surface area contributed by atoms with Crippen LogP contribution in [0.4, 0.5) is 0 Å². The summed E-state index contributed by atoms with van der Waals surface area (Å²) in [5.74, 6) is 1.75. The molecule has 5 heteroatoms. The van der Waals surface area contributed by atoms with Gasteiger partial charge in [0.05, 0.1) is 12.8 Å². The zero-order valence-corrected chi connectivity index (χ0v) is 15.0. The fourth-order valence-electron chi connectivity index (χ4n) is 2.08. The van der Waals surface area contributed by atoms with Crippen molar-refractivity contribution in [1.82, 2.24) is 10.2 Å². The van der Waals surface area contributed by atoms with Crippen molar-refractivity contribution in [2.24, 2.45) is 4.99 Å². The van der Waals surface area contributed by atoms with E-state index in [-0.39, 0.29) is 24.0 Å². The van der Waals surface area contributed by atoms with Gasteiger partial charge < -0.3 is 14.6 Å². The quantitative estimate of drug-likeness (QED) is 0.487. The second kappa shape index (κ2) is 8.71. The molecule has 0 spiro atoms. The molecule has 0 aliphatic rings.